The molecule has 1 aliphatic rings. The Morgan fingerprint density at radius 1 is 1.18 bits per heavy atom. The number of piperidine rings is 1. The van der Waals surface area contributed by atoms with E-state index in [4.69, 9.17) is 4.74 Å². The molecular weight excluding hydrogens is 378 g/mol. The Morgan fingerprint density at radius 2 is 1.89 bits per heavy atom. The van der Waals surface area contributed by atoms with Crippen LogP contribution in [0.2, 0.25) is 0 Å². The number of para-hydroxylation sites is 1. The molecule has 28 heavy (non-hydrogen) atoms. The smallest absolute Gasteiger partial charge is 0.340 e. The van der Waals surface area contributed by atoms with Crippen LogP contribution in [0.3, 0.4) is 0 Å². The van der Waals surface area contributed by atoms with Gasteiger partial charge in [-0.1, -0.05) is 23.5 Å². The number of esters is 1. The summed E-state index contributed by atoms with van der Waals surface area (Å²) in [5.74, 6) is -0.482. The van der Waals surface area contributed by atoms with E-state index in [1.807, 2.05) is 0 Å². The van der Waals surface area contributed by atoms with Crippen molar-refractivity contribution in [3.63, 3.8) is 0 Å². The molecule has 0 radical (unpaired) electrons. The molecule has 1 aliphatic heterocycles. The predicted octanol–water partition coefficient (Wildman–Crippen LogP) is 4.13. The molecule has 1 saturated heterocycles. The standard InChI is InChI=1S/C19H25N5O3S/c1-4-27-16(25)14-10-5-6-11-15(14)20-17(26)21-18-22-23-19(28-18)24-12(2)8-7-9-13(24)3/h5-6,10-13H,4,7-9H2,1-3H3,(H2,20,21,22,26). The van der Waals surface area contributed by atoms with Crippen molar-refractivity contribution in [1.82, 2.24) is 10.2 Å². The van der Waals surface area contributed by atoms with Gasteiger partial charge < -0.3 is 15.0 Å². The van der Waals surface area contributed by atoms with Crippen LogP contribution >= 0.6 is 11.3 Å². The number of anilines is 3. The Bertz CT molecular complexity index is 830. The average Bonchev–Trinajstić information content (AvgIpc) is 3.10. The van der Waals surface area contributed by atoms with E-state index in [-0.39, 0.29) is 6.61 Å². The molecule has 2 N–H and O–H groups in total. The number of nitrogens with one attached hydrogen (secondary N) is 2. The minimum Gasteiger partial charge on any atom is -0.462 e. The quantitative estimate of drug-likeness (QED) is 0.729. The largest absolute Gasteiger partial charge is 0.462 e. The van der Waals surface area contributed by atoms with Crippen LogP contribution in [0.15, 0.2) is 24.3 Å². The molecule has 2 heterocycles. The lowest BCUT2D eigenvalue weighted by atomic mass is 9.98. The van der Waals surface area contributed by atoms with Crippen molar-refractivity contribution in [2.75, 3.05) is 22.1 Å². The van der Waals surface area contributed by atoms with Crippen LogP contribution < -0.4 is 15.5 Å². The number of benzene rings is 1. The van der Waals surface area contributed by atoms with Gasteiger partial charge in [-0.05, 0) is 52.2 Å². The summed E-state index contributed by atoms with van der Waals surface area (Å²) in [6.45, 7) is 6.37. The van der Waals surface area contributed by atoms with Gasteiger partial charge in [-0.15, -0.1) is 10.2 Å². The molecule has 150 valence electrons. The number of rotatable bonds is 5. The first-order valence-corrected chi connectivity index (χ1v) is 10.3. The van der Waals surface area contributed by atoms with Gasteiger partial charge in [0.25, 0.3) is 0 Å². The van der Waals surface area contributed by atoms with E-state index in [9.17, 15) is 9.59 Å². The van der Waals surface area contributed by atoms with Crippen LogP contribution in [0.5, 0.6) is 0 Å². The third-order valence-corrected chi connectivity index (χ3v) is 5.57. The van der Waals surface area contributed by atoms with Crippen LogP contribution in [0.1, 0.15) is 50.4 Å². The lowest BCUT2D eigenvalue weighted by molar-refractivity contribution is 0.0527. The average molecular weight is 404 g/mol. The molecule has 9 heteroatoms. The lowest BCUT2D eigenvalue weighted by Crippen LogP contribution is -2.43. The molecule has 1 aromatic heterocycles. The molecule has 2 aromatic rings. The molecule has 3 rings (SSSR count). The number of ether oxygens (including phenoxy) is 1. The summed E-state index contributed by atoms with van der Waals surface area (Å²) in [6, 6.07) is 7.02. The highest BCUT2D eigenvalue weighted by Gasteiger charge is 2.27. The highest BCUT2D eigenvalue weighted by molar-refractivity contribution is 7.19. The second-order valence-electron chi connectivity index (χ2n) is 6.77. The van der Waals surface area contributed by atoms with Gasteiger partial charge in [-0.3, -0.25) is 5.32 Å². The Labute approximate surface area is 168 Å². The number of aromatic nitrogens is 2. The maximum atomic E-state index is 12.4. The second kappa shape index (κ2) is 9.01. The van der Waals surface area contributed by atoms with Gasteiger partial charge in [0.05, 0.1) is 17.9 Å². The van der Waals surface area contributed by atoms with Gasteiger partial charge in [0, 0.05) is 12.1 Å². The van der Waals surface area contributed by atoms with Gasteiger partial charge in [0.1, 0.15) is 0 Å². The van der Waals surface area contributed by atoms with Crippen LogP contribution in [0.25, 0.3) is 0 Å². The molecule has 0 spiro atoms. The molecule has 0 aliphatic carbocycles. The molecule has 0 saturated carbocycles. The predicted molar refractivity (Wildman–Crippen MR) is 110 cm³/mol. The summed E-state index contributed by atoms with van der Waals surface area (Å²) in [6.07, 6.45) is 3.46. The minimum atomic E-state index is -0.487. The van der Waals surface area contributed by atoms with Crippen molar-refractivity contribution in [1.29, 1.82) is 0 Å². The third-order valence-electron chi connectivity index (χ3n) is 4.72. The van der Waals surface area contributed by atoms with E-state index in [0.29, 0.717) is 28.5 Å². The Kier molecular flexibility index (Phi) is 6.45. The number of hydrogen-bond donors (Lipinski definition) is 2. The third kappa shape index (κ3) is 4.59. The molecule has 2 atom stereocenters. The molecule has 2 amide bonds. The highest BCUT2D eigenvalue weighted by Crippen LogP contribution is 2.32. The van der Waals surface area contributed by atoms with E-state index >= 15 is 0 Å². The van der Waals surface area contributed by atoms with Crippen molar-refractivity contribution in [2.45, 2.75) is 52.1 Å². The summed E-state index contributed by atoms with van der Waals surface area (Å²) in [4.78, 5) is 26.7. The number of carbonyl (C=O) groups excluding carboxylic acids is 2. The summed E-state index contributed by atoms with van der Waals surface area (Å²) < 4.78 is 5.02. The normalized spacial score (nSPS) is 19.2. The summed E-state index contributed by atoms with van der Waals surface area (Å²) in [5, 5.41) is 14.9. The fourth-order valence-electron chi connectivity index (χ4n) is 3.40. The Balaban J connectivity index is 1.67. The van der Waals surface area contributed by atoms with E-state index in [1.165, 1.54) is 17.8 Å². The topological polar surface area (TPSA) is 96.4 Å². The van der Waals surface area contributed by atoms with Crippen molar-refractivity contribution in [3.05, 3.63) is 29.8 Å². The zero-order valence-electron chi connectivity index (χ0n) is 16.3. The lowest BCUT2D eigenvalue weighted by Gasteiger charge is -2.38. The van der Waals surface area contributed by atoms with Gasteiger partial charge in [0.15, 0.2) is 0 Å². The zero-order valence-corrected chi connectivity index (χ0v) is 17.1. The van der Waals surface area contributed by atoms with Crippen molar-refractivity contribution in [3.8, 4) is 0 Å². The summed E-state index contributed by atoms with van der Waals surface area (Å²) in [7, 11) is 0. The maximum absolute atomic E-state index is 12.4. The summed E-state index contributed by atoms with van der Waals surface area (Å²) in [5.41, 5.74) is 0.676. The number of hydrogen-bond acceptors (Lipinski definition) is 7. The van der Waals surface area contributed by atoms with Gasteiger partial charge in [-0.25, -0.2) is 9.59 Å². The number of urea groups is 1. The maximum Gasteiger partial charge on any atom is 0.340 e. The second-order valence-corrected chi connectivity index (χ2v) is 7.73. The first kappa shape index (κ1) is 20.1. The molecule has 0 bridgehead atoms. The minimum absolute atomic E-state index is 0.264. The molecule has 2 unspecified atom stereocenters. The summed E-state index contributed by atoms with van der Waals surface area (Å²) >= 11 is 1.34. The van der Waals surface area contributed by atoms with Crippen LogP contribution in [0.4, 0.5) is 20.7 Å². The fraction of sp³-hybridized carbons (Fsp3) is 0.474. The first-order valence-electron chi connectivity index (χ1n) is 9.45. The first-order chi connectivity index (χ1) is 13.5. The van der Waals surface area contributed by atoms with Gasteiger partial charge in [-0.2, -0.15) is 0 Å². The fourth-order valence-corrected chi connectivity index (χ4v) is 4.34. The Hall–Kier alpha value is -2.68. The van der Waals surface area contributed by atoms with E-state index in [1.54, 1.807) is 31.2 Å². The van der Waals surface area contributed by atoms with Gasteiger partial charge >= 0.3 is 12.0 Å². The van der Waals surface area contributed by atoms with Crippen molar-refractivity contribution < 1.29 is 14.3 Å². The number of nitrogens with zero attached hydrogens (tertiary/aromatic N) is 3. The van der Waals surface area contributed by atoms with Crippen LogP contribution in [-0.2, 0) is 4.74 Å². The SMILES string of the molecule is CCOC(=O)c1ccccc1NC(=O)Nc1nnc(N2C(C)CCCC2C)s1. The molecular formula is C19H25N5O3S. The molecule has 8 nitrogen and oxygen atoms in total. The van der Waals surface area contributed by atoms with Crippen molar-refractivity contribution >= 4 is 39.3 Å². The van der Waals surface area contributed by atoms with E-state index < -0.39 is 12.0 Å². The highest BCUT2D eigenvalue weighted by atomic mass is 32.1. The molecule has 1 fully saturated rings. The molecule has 1 aromatic carbocycles. The number of amides is 2. The van der Waals surface area contributed by atoms with E-state index in [2.05, 4.69) is 39.6 Å². The van der Waals surface area contributed by atoms with Crippen LogP contribution in [-0.4, -0.2) is 40.9 Å². The zero-order chi connectivity index (χ0) is 20.1. The van der Waals surface area contributed by atoms with Gasteiger partial charge in [0.2, 0.25) is 10.3 Å². The monoisotopic (exact) mass is 403 g/mol. The van der Waals surface area contributed by atoms with Crippen LogP contribution in [0, 0.1) is 0 Å². The van der Waals surface area contributed by atoms with E-state index in [0.717, 1.165) is 18.0 Å². The Morgan fingerprint density at radius 3 is 2.61 bits per heavy atom. The number of carbonyl (C=O) groups is 2. The van der Waals surface area contributed by atoms with Crippen molar-refractivity contribution in [2.24, 2.45) is 0 Å².